The number of piperidine rings is 1. The van der Waals surface area contributed by atoms with Crippen LogP contribution in [0.15, 0.2) is 84.8 Å². The van der Waals surface area contributed by atoms with Crippen molar-refractivity contribution in [3.8, 4) is 17.2 Å². The van der Waals surface area contributed by atoms with Crippen molar-refractivity contribution in [2.24, 2.45) is 11.1 Å². The lowest BCUT2D eigenvalue weighted by atomic mass is 9.72. The van der Waals surface area contributed by atoms with Gasteiger partial charge in [-0.25, -0.2) is 0 Å². The van der Waals surface area contributed by atoms with Gasteiger partial charge in [0, 0.05) is 25.1 Å². The van der Waals surface area contributed by atoms with Gasteiger partial charge < -0.3 is 39.2 Å². The summed E-state index contributed by atoms with van der Waals surface area (Å²) in [6, 6.07) is 23.4. The highest BCUT2D eigenvalue weighted by Crippen LogP contribution is 2.46. The maximum absolute atomic E-state index is 14.0. The third-order valence-corrected chi connectivity index (χ3v) is 10.3. The average molecular weight is 656 g/mol. The molecule has 3 aromatic rings. The molecule has 3 aromatic carbocycles. The summed E-state index contributed by atoms with van der Waals surface area (Å²) >= 11 is 0. The number of amides is 2. The maximum Gasteiger partial charge on any atom is 0.254 e. The van der Waals surface area contributed by atoms with Crippen molar-refractivity contribution in [3.63, 3.8) is 0 Å². The third-order valence-electron chi connectivity index (χ3n) is 10.3. The van der Waals surface area contributed by atoms with Gasteiger partial charge in [0.2, 0.25) is 17.9 Å². The van der Waals surface area contributed by atoms with Crippen LogP contribution in [0.25, 0.3) is 0 Å². The van der Waals surface area contributed by atoms with Crippen molar-refractivity contribution >= 4 is 11.8 Å². The average Bonchev–Trinajstić information content (AvgIpc) is 3.79. The number of carbonyl (C=O) groups is 2. The Balaban J connectivity index is 1.20. The van der Waals surface area contributed by atoms with Crippen LogP contribution in [0.4, 0.5) is 0 Å². The smallest absolute Gasteiger partial charge is 0.254 e. The van der Waals surface area contributed by atoms with Crippen LogP contribution in [-0.4, -0.2) is 82.0 Å². The van der Waals surface area contributed by atoms with Gasteiger partial charge in [-0.05, 0) is 68.6 Å². The SMILES string of the molecule is COc1cc(C(=O)N2CCC(CCN3CCC(C(N)=O)(c4ccccc4)CC3)(C3=COC(Cc4ccccc4)O3)C2)cc(OC)c1OC. The van der Waals surface area contributed by atoms with Crippen LogP contribution in [0, 0.1) is 5.41 Å². The van der Waals surface area contributed by atoms with Gasteiger partial charge in [0.05, 0.1) is 32.2 Å². The van der Waals surface area contributed by atoms with Crippen molar-refractivity contribution in [2.75, 3.05) is 54.1 Å². The van der Waals surface area contributed by atoms with Crippen LogP contribution >= 0.6 is 0 Å². The van der Waals surface area contributed by atoms with E-state index in [1.165, 1.54) is 21.3 Å². The number of hydrogen-bond donors (Lipinski definition) is 1. The van der Waals surface area contributed by atoms with Gasteiger partial charge in [0.1, 0.15) is 12.0 Å². The fourth-order valence-electron chi connectivity index (χ4n) is 7.41. The molecular weight excluding hydrogens is 610 g/mol. The highest BCUT2D eigenvalue weighted by molar-refractivity contribution is 5.96. The molecule has 2 saturated heterocycles. The topological polar surface area (TPSA) is 113 Å². The van der Waals surface area contributed by atoms with E-state index in [0.29, 0.717) is 55.2 Å². The zero-order valence-corrected chi connectivity index (χ0v) is 28.0. The van der Waals surface area contributed by atoms with Crippen molar-refractivity contribution in [1.29, 1.82) is 0 Å². The van der Waals surface area contributed by atoms with Gasteiger partial charge in [-0.1, -0.05) is 60.7 Å². The number of methoxy groups -OCH3 is 3. The minimum atomic E-state index is -0.665. The number of hydrogen-bond acceptors (Lipinski definition) is 8. The molecular formula is C38H45N3O7. The van der Waals surface area contributed by atoms with Gasteiger partial charge in [0.15, 0.2) is 11.5 Å². The monoisotopic (exact) mass is 655 g/mol. The van der Waals surface area contributed by atoms with Gasteiger partial charge in [-0.2, -0.15) is 0 Å². The second kappa shape index (κ2) is 14.2. The summed E-state index contributed by atoms with van der Waals surface area (Å²) in [7, 11) is 4.61. The van der Waals surface area contributed by atoms with Crippen molar-refractivity contribution in [1.82, 2.24) is 9.80 Å². The fraction of sp³-hybridized carbons (Fsp3) is 0.421. The second-order valence-corrected chi connectivity index (χ2v) is 12.9. The Morgan fingerprint density at radius 3 is 2.12 bits per heavy atom. The summed E-state index contributed by atoms with van der Waals surface area (Å²) in [4.78, 5) is 31.0. The molecule has 3 aliphatic heterocycles. The maximum atomic E-state index is 14.0. The molecule has 0 saturated carbocycles. The molecule has 10 nitrogen and oxygen atoms in total. The summed E-state index contributed by atoms with van der Waals surface area (Å²) in [6.07, 6.45) is 4.74. The Kier molecular flexibility index (Phi) is 9.82. The first-order valence-corrected chi connectivity index (χ1v) is 16.5. The molecule has 0 spiro atoms. The van der Waals surface area contributed by atoms with E-state index in [-0.39, 0.29) is 11.8 Å². The van der Waals surface area contributed by atoms with E-state index < -0.39 is 17.1 Å². The Bertz CT molecular complexity index is 1600. The largest absolute Gasteiger partial charge is 0.493 e. The molecule has 6 rings (SSSR count). The molecule has 254 valence electrons. The third kappa shape index (κ3) is 6.54. The lowest BCUT2D eigenvalue weighted by Crippen LogP contribution is -2.50. The molecule has 0 bridgehead atoms. The van der Waals surface area contributed by atoms with Gasteiger partial charge >= 0.3 is 0 Å². The fourth-order valence-corrected chi connectivity index (χ4v) is 7.41. The second-order valence-electron chi connectivity index (χ2n) is 12.9. The van der Waals surface area contributed by atoms with Crippen LogP contribution in [0.5, 0.6) is 17.2 Å². The quantitative estimate of drug-likeness (QED) is 0.293. The van der Waals surface area contributed by atoms with Crippen LogP contribution in [0.1, 0.15) is 47.2 Å². The number of carbonyl (C=O) groups excluding carboxylic acids is 2. The van der Waals surface area contributed by atoms with Crippen LogP contribution in [0.2, 0.25) is 0 Å². The van der Waals surface area contributed by atoms with Crippen molar-refractivity contribution < 1.29 is 33.3 Å². The zero-order chi connectivity index (χ0) is 33.7. The highest BCUT2D eigenvalue weighted by Gasteiger charge is 2.48. The summed E-state index contributed by atoms with van der Waals surface area (Å²) in [5.74, 6) is 1.68. The number of primary amides is 1. The summed E-state index contributed by atoms with van der Waals surface area (Å²) in [5.41, 5.74) is 7.47. The Labute approximate surface area is 282 Å². The first kappa shape index (κ1) is 33.2. The summed E-state index contributed by atoms with van der Waals surface area (Å²) < 4.78 is 29.1. The predicted octanol–water partition coefficient (Wildman–Crippen LogP) is 4.91. The van der Waals surface area contributed by atoms with Gasteiger partial charge in [-0.15, -0.1) is 0 Å². The molecule has 0 aromatic heterocycles. The van der Waals surface area contributed by atoms with E-state index in [1.807, 2.05) is 53.4 Å². The lowest BCUT2D eigenvalue weighted by molar-refractivity contribution is -0.125. The number of nitrogens with two attached hydrogens (primary N) is 1. The first-order valence-electron chi connectivity index (χ1n) is 16.5. The molecule has 0 radical (unpaired) electrons. The molecule has 0 aliphatic carbocycles. The van der Waals surface area contributed by atoms with E-state index >= 15 is 0 Å². The van der Waals surface area contributed by atoms with Crippen molar-refractivity contribution in [2.45, 2.75) is 43.8 Å². The number of benzene rings is 3. The normalized spacial score (nSPS) is 21.9. The standard InChI is InChI=1S/C38H45N3O7/c1-44-30-23-28(24-31(45-2)34(30)46-3)35(42)41-21-15-37(26-41,32-25-47-33(48-32)22-27-10-6-4-7-11-27)14-18-40-19-16-38(17-20-40,36(39)43)29-12-8-5-9-13-29/h4-13,23-25,33H,14-22,26H2,1-3H3,(H2,39,43). The highest BCUT2D eigenvalue weighted by atomic mass is 16.7. The molecule has 3 heterocycles. The molecule has 2 unspecified atom stereocenters. The number of nitrogens with zero attached hydrogens (tertiary/aromatic N) is 2. The van der Waals surface area contributed by atoms with E-state index in [2.05, 4.69) is 17.0 Å². The molecule has 2 atom stereocenters. The zero-order valence-electron chi connectivity index (χ0n) is 28.0. The minimum absolute atomic E-state index is 0.122. The summed E-state index contributed by atoms with van der Waals surface area (Å²) in [6.45, 7) is 3.29. The molecule has 48 heavy (non-hydrogen) atoms. The Morgan fingerprint density at radius 2 is 1.52 bits per heavy atom. The van der Waals surface area contributed by atoms with Gasteiger partial charge in [0.25, 0.3) is 5.91 Å². The summed E-state index contributed by atoms with van der Waals surface area (Å²) in [5, 5.41) is 0. The number of likely N-dealkylation sites (tertiary alicyclic amines) is 2. The van der Waals surface area contributed by atoms with E-state index in [9.17, 15) is 9.59 Å². The van der Waals surface area contributed by atoms with E-state index in [4.69, 9.17) is 29.4 Å². The molecule has 2 fully saturated rings. The Morgan fingerprint density at radius 1 is 0.875 bits per heavy atom. The first-order chi connectivity index (χ1) is 23.3. The van der Waals surface area contributed by atoms with Crippen LogP contribution in [-0.2, 0) is 26.1 Å². The molecule has 10 heteroatoms. The van der Waals surface area contributed by atoms with E-state index in [0.717, 1.165) is 49.4 Å². The lowest BCUT2D eigenvalue weighted by Gasteiger charge is -2.41. The van der Waals surface area contributed by atoms with Crippen LogP contribution in [0.3, 0.4) is 0 Å². The molecule has 2 amide bonds. The van der Waals surface area contributed by atoms with Gasteiger partial charge in [-0.3, -0.25) is 9.59 Å². The van der Waals surface area contributed by atoms with Crippen molar-refractivity contribution in [3.05, 3.63) is 102 Å². The minimum Gasteiger partial charge on any atom is -0.493 e. The number of rotatable bonds is 12. The van der Waals surface area contributed by atoms with E-state index in [1.54, 1.807) is 18.4 Å². The number of ether oxygens (including phenoxy) is 5. The molecule has 3 aliphatic rings. The van der Waals surface area contributed by atoms with Crippen LogP contribution < -0.4 is 19.9 Å². The molecule has 2 N–H and O–H groups in total. The Hall–Kier alpha value is -4.70. The predicted molar refractivity (Wildman–Crippen MR) is 181 cm³/mol.